The Kier molecular flexibility index (Phi) is 3.00. The highest BCUT2D eigenvalue weighted by molar-refractivity contribution is 6.05. The van der Waals surface area contributed by atoms with Crippen LogP contribution in [0.1, 0.15) is 16.8 Å². The van der Waals surface area contributed by atoms with Gasteiger partial charge < -0.3 is 19.6 Å². The summed E-state index contributed by atoms with van der Waals surface area (Å²) in [6.07, 6.45) is 1.98. The van der Waals surface area contributed by atoms with Gasteiger partial charge in [-0.25, -0.2) is 0 Å². The molecule has 1 aromatic carbocycles. The van der Waals surface area contributed by atoms with Crippen molar-refractivity contribution in [1.82, 2.24) is 5.32 Å². The molecular formula is C14H15NO4. The van der Waals surface area contributed by atoms with Gasteiger partial charge in [-0.2, -0.15) is 0 Å². The monoisotopic (exact) mass is 261 g/mol. The molecule has 2 heterocycles. The molecule has 1 saturated heterocycles. The van der Waals surface area contributed by atoms with E-state index in [1.807, 2.05) is 24.3 Å². The van der Waals surface area contributed by atoms with Crippen LogP contribution in [0.25, 0.3) is 11.0 Å². The number of rotatable bonds is 3. The van der Waals surface area contributed by atoms with Crippen LogP contribution >= 0.6 is 0 Å². The van der Waals surface area contributed by atoms with Gasteiger partial charge in [0, 0.05) is 25.0 Å². The number of carbonyl (C=O) groups excluding carboxylic acids is 1. The first-order valence-electron chi connectivity index (χ1n) is 6.23. The summed E-state index contributed by atoms with van der Waals surface area (Å²) in [5.41, 5.74) is 0.212. The fourth-order valence-corrected chi connectivity index (χ4v) is 2.23. The molecule has 1 aromatic heterocycles. The summed E-state index contributed by atoms with van der Waals surface area (Å²) in [5, 5.41) is 13.6. The molecule has 1 atom stereocenters. The molecule has 1 aliphatic heterocycles. The molecule has 0 aliphatic carbocycles. The number of amides is 1. The number of hydrogen-bond acceptors (Lipinski definition) is 4. The van der Waals surface area contributed by atoms with Crippen molar-refractivity contribution in [2.45, 2.75) is 12.0 Å². The minimum absolute atomic E-state index is 0.186. The quantitative estimate of drug-likeness (QED) is 0.874. The number of furan rings is 1. The molecule has 1 fully saturated rings. The van der Waals surface area contributed by atoms with E-state index in [0.717, 1.165) is 5.39 Å². The Labute approximate surface area is 110 Å². The first-order valence-corrected chi connectivity index (χ1v) is 6.23. The summed E-state index contributed by atoms with van der Waals surface area (Å²) >= 11 is 0. The Balaban J connectivity index is 1.73. The zero-order valence-electron chi connectivity index (χ0n) is 10.4. The largest absolute Gasteiger partial charge is 0.463 e. The van der Waals surface area contributed by atoms with E-state index >= 15 is 0 Å². The summed E-state index contributed by atoms with van der Waals surface area (Å²) in [4.78, 5) is 12.1. The highest BCUT2D eigenvalue weighted by Crippen LogP contribution is 2.21. The Morgan fingerprint density at radius 2 is 2.26 bits per heavy atom. The van der Waals surface area contributed by atoms with Gasteiger partial charge >= 0.3 is 0 Å². The van der Waals surface area contributed by atoms with Gasteiger partial charge in [0.25, 0.3) is 5.91 Å². The Bertz CT molecular complexity index is 598. The zero-order valence-corrected chi connectivity index (χ0v) is 10.4. The van der Waals surface area contributed by atoms with Gasteiger partial charge in [0.2, 0.25) is 0 Å². The Morgan fingerprint density at radius 3 is 3.05 bits per heavy atom. The maximum Gasteiger partial charge on any atom is 0.255 e. The second-order valence-electron chi connectivity index (χ2n) is 4.86. The number of para-hydroxylation sites is 1. The normalized spacial score (nSPS) is 22.8. The first kappa shape index (κ1) is 12.2. The topological polar surface area (TPSA) is 71.7 Å². The molecule has 19 heavy (non-hydrogen) atoms. The molecule has 0 spiro atoms. The van der Waals surface area contributed by atoms with Crippen molar-refractivity contribution in [3.05, 3.63) is 36.1 Å². The van der Waals surface area contributed by atoms with Crippen molar-refractivity contribution in [2.24, 2.45) is 0 Å². The molecule has 2 N–H and O–H groups in total. The minimum atomic E-state index is -0.949. The van der Waals surface area contributed by atoms with Crippen molar-refractivity contribution in [2.75, 3.05) is 19.8 Å². The van der Waals surface area contributed by atoms with Crippen LogP contribution in [0.2, 0.25) is 0 Å². The van der Waals surface area contributed by atoms with Gasteiger partial charge in [0.15, 0.2) is 0 Å². The highest BCUT2D eigenvalue weighted by Gasteiger charge is 2.32. The van der Waals surface area contributed by atoms with Gasteiger partial charge in [0.05, 0.1) is 12.2 Å². The Hall–Kier alpha value is -1.85. The van der Waals surface area contributed by atoms with Crippen LogP contribution in [0.3, 0.4) is 0 Å². The second-order valence-corrected chi connectivity index (χ2v) is 4.86. The van der Waals surface area contributed by atoms with Crippen LogP contribution < -0.4 is 5.32 Å². The molecule has 0 radical (unpaired) electrons. The predicted molar refractivity (Wildman–Crippen MR) is 68.9 cm³/mol. The fourth-order valence-electron chi connectivity index (χ4n) is 2.23. The summed E-state index contributed by atoms with van der Waals surface area (Å²) in [7, 11) is 0. The molecule has 1 unspecified atom stereocenters. The SMILES string of the molecule is O=C(NCC1(O)CCOC1)c1coc2ccccc12. The van der Waals surface area contributed by atoms with Crippen molar-refractivity contribution in [3.8, 4) is 0 Å². The second kappa shape index (κ2) is 4.68. The van der Waals surface area contributed by atoms with Gasteiger partial charge in [-0.3, -0.25) is 4.79 Å². The van der Waals surface area contributed by atoms with Crippen LogP contribution in [-0.2, 0) is 4.74 Å². The van der Waals surface area contributed by atoms with E-state index in [2.05, 4.69) is 5.32 Å². The van der Waals surface area contributed by atoms with Crippen molar-refractivity contribution < 1.29 is 19.1 Å². The summed E-state index contributed by atoms with van der Waals surface area (Å²) in [6, 6.07) is 7.35. The van der Waals surface area contributed by atoms with Crippen LogP contribution in [0.15, 0.2) is 34.9 Å². The third kappa shape index (κ3) is 2.34. The summed E-state index contributed by atoms with van der Waals surface area (Å²) in [6.45, 7) is 0.978. The van der Waals surface area contributed by atoms with E-state index in [0.29, 0.717) is 24.2 Å². The molecule has 0 bridgehead atoms. The molecule has 5 heteroatoms. The third-order valence-electron chi connectivity index (χ3n) is 3.39. The molecule has 1 aliphatic rings. The number of ether oxygens (including phenoxy) is 1. The molecule has 5 nitrogen and oxygen atoms in total. The maximum absolute atomic E-state index is 12.1. The number of carbonyl (C=O) groups is 1. The van der Waals surface area contributed by atoms with Gasteiger partial charge in [0.1, 0.15) is 17.4 Å². The standard InChI is InChI=1S/C14H15NO4/c16-13(15-8-14(17)5-6-18-9-14)11-7-19-12-4-2-1-3-10(11)12/h1-4,7,17H,5-6,8-9H2,(H,15,16). The lowest BCUT2D eigenvalue weighted by atomic mass is 10.0. The lowest BCUT2D eigenvalue weighted by Crippen LogP contribution is -2.43. The van der Waals surface area contributed by atoms with Gasteiger partial charge in [-0.05, 0) is 6.07 Å². The number of aliphatic hydroxyl groups is 1. The molecule has 0 saturated carbocycles. The molecule has 3 rings (SSSR count). The lowest BCUT2D eigenvalue weighted by molar-refractivity contribution is 0.0265. The smallest absolute Gasteiger partial charge is 0.255 e. The Morgan fingerprint density at radius 1 is 1.42 bits per heavy atom. The average molecular weight is 261 g/mol. The van der Waals surface area contributed by atoms with Crippen LogP contribution in [-0.4, -0.2) is 36.4 Å². The zero-order chi connectivity index (χ0) is 13.3. The first-order chi connectivity index (χ1) is 9.18. The van der Waals surface area contributed by atoms with E-state index in [1.165, 1.54) is 6.26 Å². The fraction of sp³-hybridized carbons (Fsp3) is 0.357. The lowest BCUT2D eigenvalue weighted by Gasteiger charge is -2.20. The number of nitrogens with one attached hydrogen (secondary N) is 1. The molecular weight excluding hydrogens is 246 g/mol. The minimum Gasteiger partial charge on any atom is -0.463 e. The van der Waals surface area contributed by atoms with Crippen molar-refractivity contribution >= 4 is 16.9 Å². The maximum atomic E-state index is 12.1. The van der Waals surface area contributed by atoms with E-state index < -0.39 is 5.60 Å². The number of benzene rings is 1. The summed E-state index contributed by atoms with van der Waals surface area (Å²) in [5.74, 6) is -0.245. The molecule has 100 valence electrons. The average Bonchev–Trinajstić information content (AvgIpc) is 3.03. The molecule has 2 aromatic rings. The van der Waals surface area contributed by atoms with E-state index in [4.69, 9.17) is 9.15 Å². The molecule has 1 amide bonds. The van der Waals surface area contributed by atoms with E-state index in [9.17, 15) is 9.90 Å². The van der Waals surface area contributed by atoms with Crippen LogP contribution in [0.4, 0.5) is 0 Å². The van der Waals surface area contributed by atoms with Crippen molar-refractivity contribution in [1.29, 1.82) is 0 Å². The van der Waals surface area contributed by atoms with Crippen LogP contribution in [0.5, 0.6) is 0 Å². The number of hydrogen-bond donors (Lipinski definition) is 2. The third-order valence-corrected chi connectivity index (χ3v) is 3.39. The number of fused-ring (bicyclic) bond motifs is 1. The highest BCUT2D eigenvalue weighted by atomic mass is 16.5. The predicted octanol–water partition coefficient (Wildman–Crippen LogP) is 1.31. The van der Waals surface area contributed by atoms with Crippen LogP contribution in [0, 0.1) is 0 Å². The summed E-state index contributed by atoms with van der Waals surface area (Å²) < 4.78 is 10.5. The van der Waals surface area contributed by atoms with E-state index in [1.54, 1.807) is 0 Å². The van der Waals surface area contributed by atoms with Crippen molar-refractivity contribution in [3.63, 3.8) is 0 Å². The van der Waals surface area contributed by atoms with E-state index in [-0.39, 0.29) is 19.1 Å². The van der Waals surface area contributed by atoms with Gasteiger partial charge in [-0.1, -0.05) is 18.2 Å². The van der Waals surface area contributed by atoms with Gasteiger partial charge in [-0.15, -0.1) is 0 Å².